The molecule has 20 heavy (non-hydrogen) atoms. The molecule has 0 amide bonds. The van der Waals surface area contributed by atoms with Crippen LogP contribution in [0.5, 0.6) is 11.5 Å². The lowest BCUT2D eigenvalue weighted by Crippen LogP contribution is -1.99. The van der Waals surface area contributed by atoms with Crippen LogP contribution in [0.3, 0.4) is 0 Å². The molecule has 106 valence electrons. The molecule has 0 aliphatic carbocycles. The van der Waals surface area contributed by atoms with Crippen LogP contribution in [0.4, 0.5) is 5.82 Å². The van der Waals surface area contributed by atoms with E-state index in [1.165, 1.54) is 0 Å². The van der Waals surface area contributed by atoms with Crippen LogP contribution >= 0.6 is 0 Å². The fourth-order valence-corrected chi connectivity index (χ4v) is 2.10. The van der Waals surface area contributed by atoms with Crippen molar-refractivity contribution in [3.05, 3.63) is 36.0 Å². The molecule has 2 N–H and O–H groups in total. The minimum absolute atomic E-state index is 0.530. The molecule has 2 aromatic rings. The number of hydrogen-bond acceptors (Lipinski definition) is 4. The van der Waals surface area contributed by atoms with Gasteiger partial charge in [0.25, 0.3) is 0 Å². The number of nitrogens with zero attached hydrogens (tertiary/aromatic N) is 1. The summed E-state index contributed by atoms with van der Waals surface area (Å²) in [6, 6.07) is 9.70. The topological polar surface area (TPSA) is 57.4 Å². The SMILES string of the molecule is CCOc1ccc(-c2ccc(N)nc2C)cc1OCC. The first-order chi connectivity index (χ1) is 9.65. The van der Waals surface area contributed by atoms with Gasteiger partial charge in [-0.1, -0.05) is 6.07 Å². The van der Waals surface area contributed by atoms with Crippen LogP contribution in [0.25, 0.3) is 11.1 Å². The van der Waals surface area contributed by atoms with Crippen molar-refractivity contribution >= 4 is 5.82 Å². The standard InChI is InChI=1S/C16H20N2O2/c1-4-19-14-8-6-12(10-15(14)20-5-2)13-7-9-16(17)18-11(13)3/h6-10H,4-5H2,1-3H3,(H2,17,18). The minimum atomic E-state index is 0.530. The Labute approximate surface area is 119 Å². The number of anilines is 1. The van der Waals surface area contributed by atoms with Crippen LogP contribution in [-0.4, -0.2) is 18.2 Å². The molecule has 0 aliphatic rings. The number of rotatable bonds is 5. The number of nitrogen functional groups attached to an aromatic ring is 1. The first-order valence-electron chi connectivity index (χ1n) is 6.78. The predicted molar refractivity (Wildman–Crippen MR) is 81.2 cm³/mol. The second-order valence-corrected chi connectivity index (χ2v) is 4.40. The summed E-state index contributed by atoms with van der Waals surface area (Å²) in [5, 5.41) is 0. The molecule has 0 aliphatic heterocycles. The summed E-state index contributed by atoms with van der Waals surface area (Å²) in [4.78, 5) is 4.29. The molecule has 2 rings (SSSR count). The smallest absolute Gasteiger partial charge is 0.161 e. The van der Waals surface area contributed by atoms with E-state index in [1.54, 1.807) is 6.07 Å². The predicted octanol–water partition coefficient (Wildman–Crippen LogP) is 3.44. The summed E-state index contributed by atoms with van der Waals surface area (Å²) in [7, 11) is 0. The van der Waals surface area contributed by atoms with Gasteiger partial charge in [0.15, 0.2) is 11.5 Å². The first-order valence-corrected chi connectivity index (χ1v) is 6.78. The summed E-state index contributed by atoms with van der Waals surface area (Å²) in [5.74, 6) is 2.05. The fraction of sp³-hybridized carbons (Fsp3) is 0.312. The molecular weight excluding hydrogens is 252 g/mol. The van der Waals surface area contributed by atoms with E-state index in [2.05, 4.69) is 4.98 Å². The van der Waals surface area contributed by atoms with Crippen molar-refractivity contribution in [2.24, 2.45) is 0 Å². The second kappa shape index (κ2) is 6.28. The molecular formula is C16H20N2O2. The molecule has 4 heteroatoms. The van der Waals surface area contributed by atoms with E-state index in [0.29, 0.717) is 19.0 Å². The largest absolute Gasteiger partial charge is 0.490 e. The molecule has 1 aromatic carbocycles. The highest BCUT2D eigenvalue weighted by molar-refractivity contribution is 5.69. The molecule has 0 saturated carbocycles. The van der Waals surface area contributed by atoms with Crippen LogP contribution in [0.15, 0.2) is 30.3 Å². The number of benzene rings is 1. The van der Waals surface area contributed by atoms with Crippen molar-refractivity contribution in [1.29, 1.82) is 0 Å². The first kappa shape index (κ1) is 14.2. The summed E-state index contributed by atoms with van der Waals surface area (Å²) in [5.41, 5.74) is 8.68. The van der Waals surface area contributed by atoms with Gasteiger partial charge in [-0.3, -0.25) is 0 Å². The molecule has 0 atom stereocenters. The van der Waals surface area contributed by atoms with E-state index in [9.17, 15) is 0 Å². The van der Waals surface area contributed by atoms with Crippen molar-refractivity contribution < 1.29 is 9.47 Å². The number of pyridine rings is 1. The summed E-state index contributed by atoms with van der Waals surface area (Å²) >= 11 is 0. The lowest BCUT2D eigenvalue weighted by molar-refractivity contribution is 0.288. The third kappa shape index (κ3) is 3.02. The maximum atomic E-state index is 5.69. The van der Waals surface area contributed by atoms with Gasteiger partial charge in [-0.05, 0) is 50.6 Å². The highest BCUT2D eigenvalue weighted by atomic mass is 16.5. The Morgan fingerprint density at radius 3 is 2.35 bits per heavy atom. The van der Waals surface area contributed by atoms with Crippen molar-refractivity contribution in [2.45, 2.75) is 20.8 Å². The van der Waals surface area contributed by atoms with E-state index in [-0.39, 0.29) is 0 Å². The van der Waals surface area contributed by atoms with Gasteiger partial charge in [0.2, 0.25) is 0 Å². The zero-order valence-electron chi connectivity index (χ0n) is 12.1. The zero-order valence-corrected chi connectivity index (χ0v) is 12.1. The van der Waals surface area contributed by atoms with Crippen molar-refractivity contribution in [1.82, 2.24) is 4.98 Å². The number of aromatic nitrogens is 1. The van der Waals surface area contributed by atoms with Gasteiger partial charge in [0.1, 0.15) is 5.82 Å². The maximum absolute atomic E-state index is 5.69. The van der Waals surface area contributed by atoms with Crippen LogP contribution in [0.1, 0.15) is 19.5 Å². The van der Waals surface area contributed by atoms with Crippen LogP contribution in [-0.2, 0) is 0 Å². The number of nitrogens with two attached hydrogens (primary N) is 1. The van der Waals surface area contributed by atoms with Crippen molar-refractivity contribution in [3.63, 3.8) is 0 Å². The number of ether oxygens (including phenoxy) is 2. The van der Waals surface area contributed by atoms with Crippen LogP contribution < -0.4 is 15.2 Å². The van der Waals surface area contributed by atoms with Gasteiger partial charge in [0.05, 0.1) is 13.2 Å². The highest BCUT2D eigenvalue weighted by Crippen LogP contribution is 2.33. The van der Waals surface area contributed by atoms with E-state index in [0.717, 1.165) is 28.3 Å². The minimum Gasteiger partial charge on any atom is -0.490 e. The molecule has 0 unspecified atom stereocenters. The van der Waals surface area contributed by atoms with E-state index >= 15 is 0 Å². The van der Waals surface area contributed by atoms with Crippen LogP contribution in [0.2, 0.25) is 0 Å². The second-order valence-electron chi connectivity index (χ2n) is 4.40. The molecule has 0 fully saturated rings. The third-order valence-electron chi connectivity index (χ3n) is 2.96. The Hall–Kier alpha value is -2.23. The molecule has 0 bridgehead atoms. The van der Waals surface area contributed by atoms with Gasteiger partial charge >= 0.3 is 0 Å². The van der Waals surface area contributed by atoms with E-state index in [4.69, 9.17) is 15.2 Å². The van der Waals surface area contributed by atoms with Gasteiger partial charge in [0, 0.05) is 11.3 Å². The van der Waals surface area contributed by atoms with Gasteiger partial charge < -0.3 is 15.2 Å². The van der Waals surface area contributed by atoms with E-state index < -0.39 is 0 Å². The van der Waals surface area contributed by atoms with Gasteiger partial charge in [-0.25, -0.2) is 4.98 Å². The molecule has 1 heterocycles. The quantitative estimate of drug-likeness (QED) is 0.905. The van der Waals surface area contributed by atoms with Gasteiger partial charge in [-0.15, -0.1) is 0 Å². The Kier molecular flexibility index (Phi) is 4.45. The van der Waals surface area contributed by atoms with Crippen LogP contribution in [0, 0.1) is 6.92 Å². The Bertz CT molecular complexity index is 597. The maximum Gasteiger partial charge on any atom is 0.161 e. The fourth-order valence-electron chi connectivity index (χ4n) is 2.10. The van der Waals surface area contributed by atoms with Crippen molar-refractivity contribution in [2.75, 3.05) is 18.9 Å². The summed E-state index contributed by atoms with van der Waals surface area (Å²) in [6.45, 7) is 7.07. The average Bonchev–Trinajstić information content (AvgIpc) is 2.41. The average molecular weight is 272 g/mol. The lowest BCUT2D eigenvalue weighted by Gasteiger charge is -2.13. The van der Waals surface area contributed by atoms with Crippen molar-refractivity contribution in [3.8, 4) is 22.6 Å². The molecule has 0 spiro atoms. The van der Waals surface area contributed by atoms with Gasteiger partial charge in [-0.2, -0.15) is 0 Å². The number of hydrogen-bond donors (Lipinski definition) is 1. The highest BCUT2D eigenvalue weighted by Gasteiger charge is 2.09. The lowest BCUT2D eigenvalue weighted by atomic mass is 10.0. The molecule has 0 radical (unpaired) electrons. The normalized spacial score (nSPS) is 10.3. The summed E-state index contributed by atoms with van der Waals surface area (Å²) < 4.78 is 11.2. The molecule has 4 nitrogen and oxygen atoms in total. The monoisotopic (exact) mass is 272 g/mol. The molecule has 1 aromatic heterocycles. The Morgan fingerprint density at radius 2 is 1.70 bits per heavy atom. The Balaban J connectivity index is 2.44. The number of aryl methyl sites for hydroxylation is 1. The summed E-state index contributed by atoms with van der Waals surface area (Å²) in [6.07, 6.45) is 0. The van der Waals surface area contributed by atoms with E-state index in [1.807, 2.05) is 45.0 Å². The third-order valence-corrected chi connectivity index (χ3v) is 2.96. The zero-order chi connectivity index (χ0) is 14.5. The Morgan fingerprint density at radius 1 is 1.00 bits per heavy atom. The molecule has 0 saturated heterocycles.